The Bertz CT molecular complexity index is 745. The van der Waals surface area contributed by atoms with Crippen molar-refractivity contribution in [1.82, 2.24) is 10.1 Å². The average Bonchev–Trinajstić information content (AvgIpc) is 3.04. The van der Waals surface area contributed by atoms with E-state index in [0.29, 0.717) is 22.9 Å². The molecule has 1 aliphatic rings. The van der Waals surface area contributed by atoms with Crippen LogP contribution < -0.4 is 0 Å². The van der Waals surface area contributed by atoms with Gasteiger partial charge < -0.3 is 19.3 Å². The number of amides is 1. The second-order valence-corrected chi connectivity index (χ2v) is 5.41. The van der Waals surface area contributed by atoms with Crippen LogP contribution in [-0.2, 0) is 9.53 Å². The molecule has 1 amide bonds. The molecule has 3 rings (SSSR count). The molecule has 1 N–H and O–H groups in total. The topological polar surface area (TPSA) is 92.9 Å². The predicted octanol–water partition coefficient (Wildman–Crippen LogP) is 1.92. The van der Waals surface area contributed by atoms with E-state index in [0.717, 1.165) is 0 Å². The van der Waals surface area contributed by atoms with Gasteiger partial charge in [-0.05, 0) is 12.1 Å². The lowest BCUT2D eigenvalue weighted by molar-refractivity contribution is -0.154. The molecule has 1 atom stereocenters. The summed E-state index contributed by atoms with van der Waals surface area (Å²) in [6.07, 6.45) is -1.03. The number of carboxylic acid groups (broad SMARTS) is 1. The van der Waals surface area contributed by atoms with Gasteiger partial charge in [0.15, 0.2) is 17.6 Å². The van der Waals surface area contributed by atoms with Gasteiger partial charge in [-0.1, -0.05) is 28.9 Å². The number of hydrogen-bond donors (Lipinski definition) is 1. The van der Waals surface area contributed by atoms with E-state index in [1.165, 1.54) is 11.0 Å². The van der Waals surface area contributed by atoms with E-state index in [9.17, 15) is 9.59 Å². The summed E-state index contributed by atoms with van der Waals surface area (Å²) in [6.45, 7) is 0.442. The SMILES string of the molecule is O=C(O)C1CN(C(=O)c2cc(-c3ccccc3Cl)on2)CCO1. The molecule has 0 saturated carbocycles. The lowest BCUT2D eigenvalue weighted by atomic mass is 10.1. The zero-order valence-electron chi connectivity index (χ0n) is 11.9. The van der Waals surface area contributed by atoms with E-state index in [-0.39, 0.29) is 18.8 Å². The molecule has 1 aromatic carbocycles. The van der Waals surface area contributed by atoms with Gasteiger partial charge in [-0.25, -0.2) is 4.79 Å². The summed E-state index contributed by atoms with van der Waals surface area (Å²) in [4.78, 5) is 24.8. The van der Waals surface area contributed by atoms with E-state index in [2.05, 4.69) is 5.16 Å². The minimum absolute atomic E-state index is 0.0253. The third-order valence-electron chi connectivity index (χ3n) is 3.50. The Hall–Kier alpha value is -2.38. The number of nitrogens with zero attached hydrogens (tertiary/aromatic N) is 2. The number of aliphatic carboxylic acids is 1. The third kappa shape index (κ3) is 3.20. The highest BCUT2D eigenvalue weighted by atomic mass is 35.5. The van der Waals surface area contributed by atoms with Gasteiger partial charge in [-0.3, -0.25) is 4.79 Å². The first-order valence-electron chi connectivity index (χ1n) is 6.91. The molecule has 8 heteroatoms. The fourth-order valence-corrected chi connectivity index (χ4v) is 2.54. The average molecular weight is 337 g/mol. The molecule has 0 radical (unpaired) electrons. The number of halogens is 1. The second-order valence-electron chi connectivity index (χ2n) is 5.01. The van der Waals surface area contributed by atoms with Crippen LogP contribution in [0.25, 0.3) is 11.3 Å². The molecule has 1 fully saturated rings. The monoisotopic (exact) mass is 336 g/mol. The first-order chi connectivity index (χ1) is 11.1. The number of rotatable bonds is 3. The van der Waals surface area contributed by atoms with Crippen LogP contribution in [0.1, 0.15) is 10.5 Å². The van der Waals surface area contributed by atoms with Gasteiger partial charge in [-0.2, -0.15) is 0 Å². The number of carbonyl (C=O) groups excluding carboxylic acids is 1. The minimum Gasteiger partial charge on any atom is -0.479 e. The molecule has 0 aliphatic carbocycles. The molecule has 2 heterocycles. The van der Waals surface area contributed by atoms with Crippen molar-refractivity contribution in [2.45, 2.75) is 6.10 Å². The van der Waals surface area contributed by atoms with Crippen LogP contribution >= 0.6 is 11.6 Å². The summed E-state index contributed by atoms with van der Waals surface area (Å²) >= 11 is 6.09. The normalized spacial score (nSPS) is 18.0. The van der Waals surface area contributed by atoms with Crippen LogP contribution in [-0.4, -0.2) is 52.8 Å². The summed E-state index contributed by atoms with van der Waals surface area (Å²) in [6, 6.07) is 8.54. The Morgan fingerprint density at radius 3 is 2.87 bits per heavy atom. The van der Waals surface area contributed by atoms with E-state index >= 15 is 0 Å². The summed E-state index contributed by atoms with van der Waals surface area (Å²) in [7, 11) is 0. The van der Waals surface area contributed by atoms with Crippen LogP contribution in [0, 0.1) is 0 Å². The van der Waals surface area contributed by atoms with Crippen molar-refractivity contribution in [1.29, 1.82) is 0 Å². The number of aromatic nitrogens is 1. The minimum atomic E-state index is -1.10. The largest absolute Gasteiger partial charge is 0.479 e. The molecule has 1 aromatic heterocycles. The quantitative estimate of drug-likeness (QED) is 0.920. The van der Waals surface area contributed by atoms with Gasteiger partial charge in [0.25, 0.3) is 5.91 Å². The van der Waals surface area contributed by atoms with Crippen molar-refractivity contribution in [3.8, 4) is 11.3 Å². The maximum atomic E-state index is 12.4. The van der Waals surface area contributed by atoms with Gasteiger partial charge in [0.1, 0.15) is 0 Å². The molecule has 0 bridgehead atoms. The molecular weight excluding hydrogens is 324 g/mol. The highest BCUT2D eigenvalue weighted by Gasteiger charge is 2.30. The summed E-state index contributed by atoms with van der Waals surface area (Å²) in [5.41, 5.74) is 0.733. The van der Waals surface area contributed by atoms with Gasteiger partial charge >= 0.3 is 5.97 Å². The summed E-state index contributed by atoms with van der Waals surface area (Å²) in [5.74, 6) is -1.12. The molecule has 7 nitrogen and oxygen atoms in total. The van der Waals surface area contributed by atoms with E-state index in [4.69, 9.17) is 26.0 Å². The molecule has 1 aliphatic heterocycles. The fraction of sp³-hybridized carbons (Fsp3) is 0.267. The first-order valence-corrected chi connectivity index (χ1v) is 7.29. The molecular formula is C15H13ClN2O5. The number of ether oxygens (including phenoxy) is 1. The molecule has 2 aromatic rings. The van der Waals surface area contributed by atoms with Crippen molar-refractivity contribution in [3.63, 3.8) is 0 Å². The van der Waals surface area contributed by atoms with Crippen LogP contribution in [0.4, 0.5) is 0 Å². The van der Waals surface area contributed by atoms with Crippen LogP contribution in [0.5, 0.6) is 0 Å². The predicted molar refractivity (Wildman–Crippen MR) is 80.2 cm³/mol. The molecule has 1 saturated heterocycles. The number of hydrogen-bond acceptors (Lipinski definition) is 5. The van der Waals surface area contributed by atoms with E-state index < -0.39 is 18.0 Å². The number of carboxylic acids is 1. The highest BCUT2D eigenvalue weighted by Crippen LogP contribution is 2.28. The van der Waals surface area contributed by atoms with Gasteiger partial charge in [-0.15, -0.1) is 0 Å². The van der Waals surface area contributed by atoms with Gasteiger partial charge in [0.2, 0.25) is 0 Å². The molecule has 120 valence electrons. The van der Waals surface area contributed by atoms with Gasteiger partial charge in [0, 0.05) is 18.2 Å². The highest BCUT2D eigenvalue weighted by molar-refractivity contribution is 6.33. The van der Waals surface area contributed by atoms with Crippen molar-refractivity contribution < 1.29 is 24.0 Å². The Kier molecular flexibility index (Phi) is 4.31. The smallest absolute Gasteiger partial charge is 0.334 e. The fourth-order valence-electron chi connectivity index (χ4n) is 2.31. The number of morpholine rings is 1. The number of carbonyl (C=O) groups is 2. The van der Waals surface area contributed by atoms with Crippen molar-refractivity contribution in [3.05, 3.63) is 41.0 Å². The van der Waals surface area contributed by atoms with Crippen LogP contribution in [0.2, 0.25) is 5.02 Å². The Balaban J connectivity index is 1.79. The standard InChI is InChI=1S/C15H13ClN2O5/c16-10-4-2-1-3-9(10)12-7-11(17-23-12)14(19)18-5-6-22-13(8-18)15(20)21/h1-4,7,13H,5-6,8H2,(H,20,21). The molecule has 1 unspecified atom stereocenters. The zero-order chi connectivity index (χ0) is 16.4. The second kappa shape index (κ2) is 6.39. The van der Waals surface area contributed by atoms with E-state index in [1.54, 1.807) is 24.3 Å². The Labute approximate surface area is 136 Å². The Morgan fingerprint density at radius 2 is 2.13 bits per heavy atom. The third-order valence-corrected chi connectivity index (χ3v) is 3.83. The number of benzene rings is 1. The van der Waals surface area contributed by atoms with E-state index in [1.807, 2.05) is 0 Å². The van der Waals surface area contributed by atoms with Crippen molar-refractivity contribution in [2.75, 3.05) is 19.7 Å². The van der Waals surface area contributed by atoms with Gasteiger partial charge in [0.05, 0.1) is 18.2 Å². The summed E-state index contributed by atoms with van der Waals surface area (Å²) in [5, 5.41) is 13.2. The summed E-state index contributed by atoms with van der Waals surface area (Å²) < 4.78 is 10.3. The van der Waals surface area contributed by atoms with Crippen LogP contribution in [0.3, 0.4) is 0 Å². The van der Waals surface area contributed by atoms with Crippen molar-refractivity contribution in [2.24, 2.45) is 0 Å². The lowest BCUT2D eigenvalue weighted by Crippen LogP contribution is -2.48. The maximum absolute atomic E-state index is 12.4. The zero-order valence-corrected chi connectivity index (χ0v) is 12.7. The lowest BCUT2D eigenvalue weighted by Gasteiger charge is -2.30. The first kappa shape index (κ1) is 15.5. The maximum Gasteiger partial charge on any atom is 0.334 e. The Morgan fingerprint density at radius 1 is 1.35 bits per heavy atom. The van der Waals surface area contributed by atoms with Crippen molar-refractivity contribution >= 4 is 23.5 Å². The molecule has 0 spiro atoms. The molecule has 23 heavy (non-hydrogen) atoms. The van der Waals surface area contributed by atoms with Crippen LogP contribution in [0.15, 0.2) is 34.9 Å².